The summed E-state index contributed by atoms with van der Waals surface area (Å²) >= 11 is 3.64. The number of hydrogen-bond acceptors (Lipinski definition) is 2. The van der Waals surface area contributed by atoms with Gasteiger partial charge in [-0.1, -0.05) is 15.9 Å². The number of anilines is 1. The quantitative estimate of drug-likeness (QED) is 0.856. The average molecular weight is 339 g/mol. The fourth-order valence-corrected chi connectivity index (χ4v) is 3.27. The van der Waals surface area contributed by atoms with E-state index in [1.807, 2.05) is 0 Å². The summed E-state index contributed by atoms with van der Waals surface area (Å²) in [5.41, 5.74) is 3.89. The standard InChI is InChI=1S/C17H27BrN2/c1-12(2)20-8-5-6-15(7-9-20)19-16-10-13(3)17(18)14(4)11-16/h10-12,15,19H,5-9H2,1-4H3. The molecule has 1 heterocycles. The molecule has 0 amide bonds. The van der Waals surface area contributed by atoms with Crippen molar-refractivity contribution in [3.05, 3.63) is 27.7 Å². The first-order valence-electron chi connectivity index (χ1n) is 7.74. The first-order valence-corrected chi connectivity index (χ1v) is 8.54. The number of nitrogens with one attached hydrogen (secondary N) is 1. The van der Waals surface area contributed by atoms with E-state index in [4.69, 9.17) is 0 Å². The molecule has 2 nitrogen and oxygen atoms in total. The van der Waals surface area contributed by atoms with Gasteiger partial charge in [-0.15, -0.1) is 0 Å². The van der Waals surface area contributed by atoms with Crippen LogP contribution in [-0.4, -0.2) is 30.1 Å². The molecule has 1 aliphatic heterocycles. The number of aryl methyl sites for hydroxylation is 2. The molecule has 1 aromatic carbocycles. The number of halogens is 1. The first kappa shape index (κ1) is 15.8. The SMILES string of the molecule is Cc1cc(NC2CCCN(C(C)C)CC2)cc(C)c1Br. The van der Waals surface area contributed by atoms with Gasteiger partial charge in [0.05, 0.1) is 0 Å². The Morgan fingerprint density at radius 2 is 1.80 bits per heavy atom. The normalized spacial score (nSPS) is 21.0. The number of benzene rings is 1. The molecule has 1 unspecified atom stereocenters. The lowest BCUT2D eigenvalue weighted by Crippen LogP contribution is -2.32. The number of hydrogen-bond donors (Lipinski definition) is 1. The van der Waals surface area contributed by atoms with Gasteiger partial charge >= 0.3 is 0 Å². The van der Waals surface area contributed by atoms with Crippen LogP contribution < -0.4 is 5.32 Å². The lowest BCUT2D eigenvalue weighted by molar-refractivity contribution is 0.230. The highest BCUT2D eigenvalue weighted by Gasteiger charge is 2.18. The molecule has 0 aliphatic carbocycles. The van der Waals surface area contributed by atoms with E-state index in [1.54, 1.807) is 0 Å². The summed E-state index contributed by atoms with van der Waals surface area (Å²) < 4.78 is 1.23. The van der Waals surface area contributed by atoms with E-state index in [0.717, 1.165) is 0 Å². The van der Waals surface area contributed by atoms with Crippen LogP contribution in [-0.2, 0) is 0 Å². The predicted octanol–water partition coefficient (Wildman–Crippen LogP) is 4.74. The zero-order chi connectivity index (χ0) is 14.7. The third-order valence-electron chi connectivity index (χ3n) is 4.30. The minimum atomic E-state index is 0.610. The lowest BCUT2D eigenvalue weighted by atomic mass is 10.1. The van der Waals surface area contributed by atoms with Crippen molar-refractivity contribution < 1.29 is 0 Å². The van der Waals surface area contributed by atoms with E-state index < -0.39 is 0 Å². The average Bonchev–Trinajstić information content (AvgIpc) is 2.61. The van der Waals surface area contributed by atoms with Crippen molar-refractivity contribution in [2.45, 2.75) is 59.0 Å². The molecule has 112 valence electrons. The van der Waals surface area contributed by atoms with Gasteiger partial charge in [0.2, 0.25) is 0 Å². The molecule has 1 aliphatic rings. The zero-order valence-electron chi connectivity index (χ0n) is 13.2. The number of rotatable bonds is 3. The predicted molar refractivity (Wildman–Crippen MR) is 91.6 cm³/mol. The monoisotopic (exact) mass is 338 g/mol. The van der Waals surface area contributed by atoms with Gasteiger partial charge in [-0.3, -0.25) is 0 Å². The van der Waals surface area contributed by atoms with Gasteiger partial charge in [0.15, 0.2) is 0 Å². The van der Waals surface area contributed by atoms with Crippen LogP contribution in [0.3, 0.4) is 0 Å². The summed E-state index contributed by atoms with van der Waals surface area (Å²) in [5.74, 6) is 0. The Labute approximate surface area is 132 Å². The van der Waals surface area contributed by atoms with E-state index in [2.05, 4.69) is 66.0 Å². The Morgan fingerprint density at radius 3 is 2.40 bits per heavy atom. The summed E-state index contributed by atoms with van der Waals surface area (Å²) in [7, 11) is 0. The molecule has 0 radical (unpaired) electrons. The topological polar surface area (TPSA) is 15.3 Å². The molecule has 1 saturated heterocycles. The van der Waals surface area contributed by atoms with E-state index >= 15 is 0 Å². The molecular formula is C17H27BrN2. The van der Waals surface area contributed by atoms with Crippen LogP contribution in [0.2, 0.25) is 0 Å². The highest BCUT2D eigenvalue weighted by molar-refractivity contribution is 9.10. The number of nitrogens with zero attached hydrogens (tertiary/aromatic N) is 1. The lowest BCUT2D eigenvalue weighted by Gasteiger charge is -2.24. The van der Waals surface area contributed by atoms with E-state index in [0.29, 0.717) is 12.1 Å². The van der Waals surface area contributed by atoms with Crippen LogP contribution >= 0.6 is 15.9 Å². The fourth-order valence-electron chi connectivity index (χ4n) is 3.04. The molecule has 1 atom stereocenters. The maximum atomic E-state index is 3.74. The van der Waals surface area contributed by atoms with Crippen LogP contribution in [0, 0.1) is 13.8 Å². The van der Waals surface area contributed by atoms with Crippen LogP contribution in [0.25, 0.3) is 0 Å². The van der Waals surface area contributed by atoms with Gasteiger partial charge < -0.3 is 10.2 Å². The van der Waals surface area contributed by atoms with Crippen LogP contribution in [0.15, 0.2) is 16.6 Å². The largest absolute Gasteiger partial charge is 0.382 e. The van der Waals surface area contributed by atoms with Gasteiger partial charge in [-0.05, 0) is 76.8 Å². The second-order valence-corrected chi connectivity index (χ2v) is 7.12. The Hall–Kier alpha value is -0.540. The van der Waals surface area contributed by atoms with Gasteiger partial charge in [0, 0.05) is 28.8 Å². The van der Waals surface area contributed by atoms with Crippen LogP contribution in [0.5, 0.6) is 0 Å². The minimum absolute atomic E-state index is 0.610. The summed E-state index contributed by atoms with van der Waals surface area (Å²) in [5, 5.41) is 3.74. The van der Waals surface area contributed by atoms with Gasteiger partial charge in [0.25, 0.3) is 0 Å². The van der Waals surface area contributed by atoms with E-state index in [1.165, 1.54) is 53.6 Å². The molecule has 0 bridgehead atoms. The van der Waals surface area contributed by atoms with Crippen molar-refractivity contribution in [3.8, 4) is 0 Å². The van der Waals surface area contributed by atoms with Crippen LogP contribution in [0.4, 0.5) is 5.69 Å². The maximum Gasteiger partial charge on any atom is 0.0348 e. The molecule has 20 heavy (non-hydrogen) atoms. The zero-order valence-corrected chi connectivity index (χ0v) is 14.8. The molecule has 0 spiro atoms. The Balaban J connectivity index is 2.00. The Morgan fingerprint density at radius 1 is 1.15 bits per heavy atom. The molecule has 1 aromatic rings. The van der Waals surface area contributed by atoms with Crippen molar-refractivity contribution in [3.63, 3.8) is 0 Å². The van der Waals surface area contributed by atoms with Crippen molar-refractivity contribution in [2.75, 3.05) is 18.4 Å². The Bertz CT molecular complexity index is 433. The molecule has 0 aromatic heterocycles. The summed E-state index contributed by atoms with van der Waals surface area (Å²) in [6.07, 6.45) is 3.81. The highest BCUT2D eigenvalue weighted by atomic mass is 79.9. The summed E-state index contributed by atoms with van der Waals surface area (Å²) in [4.78, 5) is 2.60. The van der Waals surface area contributed by atoms with Crippen molar-refractivity contribution in [1.29, 1.82) is 0 Å². The summed E-state index contributed by atoms with van der Waals surface area (Å²) in [6, 6.07) is 5.79. The van der Waals surface area contributed by atoms with Gasteiger partial charge in [0.1, 0.15) is 0 Å². The fraction of sp³-hybridized carbons (Fsp3) is 0.647. The van der Waals surface area contributed by atoms with Crippen molar-refractivity contribution in [1.82, 2.24) is 4.90 Å². The summed E-state index contributed by atoms with van der Waals surface area (Å²) in [6.45, 7) is 11.4. The van der Waals surface area contributed by atoms with Gasteiger partial charge in [-0.2, -0.15) is 0 Å². The second kappa shape index (κ2) is 6.95. The Kier molecular flexibility index (Phi) is 5.50. The smallest absolute Gasteiger partial charge is 0.0348 e. The number of likely N-dealkylation sites (tertiary alicyclic amines) is 1. The maximum absolute atomic E-state index is 3.74. The van der Waals surface area contributed by atoms with E-state index in [-0.39, 0.29) is 0 Å². The molecule has 2 rings (SSSR count). The highest BCUT2D eigenvalue weighted by Crippen LogP contribution is 2.26. The molecular weight excluding hydrogens is 312 g/mol. The van der Waals surface area contributed by atoms with Crippen molar-refractivity contribution in [2.24, 2.45) is 0 Å². The molecule has 3 heteroatoms. The molecule has 1 N–H and O–H groups in total. The first-order chi connectivity index (χ1) is 9.47. The van der Waals surface area contributed by atoms with Gasteiger partial charge in [-0.25, -0.2) is 0 Å². The molecule has 1 fully saturated rings. The molecule has 0 saturated carbocycles. The van der Waals surface area contributed by atoms with Crippen LogP contribution in [0.1, 0.15) is 44.2 Å². The van der Waals surface area contributed by atoms with E-state index in [9.17, 15) is 0 Å². The van der Waals surface area contributed by atoms with Crippen molar-refractivity contribution >= 4 is 21.6 Å². The minimum Gasteiger partial charge on any atom is -0.382 e. The second-order valence-electron chi connectivity index (χ2n) is 6.33. The third kappa shape index (κ3) is 3.98. The third-order valence-corrected chi connectivity index (χ3v) is 5.55.